The molecule has 0 spiro atoms. The highest BCUT2D eigenvalue weighted by Crippen LogP contribution is 2.23. The van der Waals surface area contributed by atoms with E-state index in [4.69, 9.17) is 4.74 Å². The number of rotatable bonds is 3. The highest BCUT2D eigenvalue weighted by atomic mass is 16.6. The highest BCUT2D eigenvalue weighted by Gasteiger charge is 2.32. The number of carbonyl (C=O) groups excluding carboxylic acids is 1. The lowest BCUT2D eigenvalue weighted by Crippen LogP contribution is -2.37. The minimum absolute atomic E-state index is 0.00262. The predicted molar refractivity (Wildman–Crippen MR) is 165 cm³/mol. The van der Waals surface area contributed by atoms with E-state index >= 15 is 0 Å². The van der Waals surface area contributed by atoms with Crippen molar-refractivity contribution in [3.8, 4) is 0 Å². The number of allylic oxidation sites excluding steroid dienone is 8. The molecular weight excluding hydrogens is 556 g/mol. The van der Waals surface area contributed by atoms with Crippen molar-refractivity contribution in [3.63, 3.8) is 0 Å². The molecule has 8 N–H and O–H groups in total. The average molecular weight is 611 g/mol. The maximum Gasteiger partial charge on any atom is 0.311 e. The molecule has 0 aromatic rings. The Bertz CT molecular complexity index is 927. The monoisotopic (exact) mass is 610 g/mol. The van der Waals surface area contributed by atoms with E-state index in [1.54, 1.807) is 62.5 Å². The first-order valence-electron chi connectivity index (χ1n) is 15.3. The van der Waals surface area contributed by atoms with Crippen molar-refractivity contribution in [1.82, 2.24) is 0 Å². The summed E-state index contributed by atoms with van der Waals surface area (Å²) in [4.78, 5) is 12.9. The summed E-state index contributed by atoms with van der Waals surface area (Å²) < 4.78 is 5.45. The van der Waals surface area contributed by atoms with Gasteiger partial charge in [0, 0.05) is 12.8 Å². The fourth-order valence-corrected chi connectivity index (χ4v) is 4.83. The molecule has 246 valence electrons. The van der Waals surface area contributed by atoms with Gasteiger partial charge in [-0.2, -0.15) is 0 Å². The Labute approximate surface area is 256 Å². The van der Waals surface area contributed by atoms with E-state index < -0.39 is 66.8 Å². The van der Waals surface area contributed by atoms with Gasteiger partial charge < -0.3 is 45.6 Å². The zero-order valence-electron chi connectivity index (χ0n) is 25.7. The van der Waals surface area contributed by atoms with Crippen molar-refractivity contribution in [2.75, 3.05) is 0 Å². The summed E-state index contributed by atoms with van der Waals surface area (Å²) >= 11 is 0. The van der Waals surface area contributed by atoms with Gasteiger partial charge in [-0.1, -0.05) is 74.4 Å². The summed E-state index contributed by atoms with van der Waals surface area (Å²) in [6.45, 7) is 5.21. The largest absolute Gasteiger partial charge is 0.459 e. The Kier molecular flexibility index (Phi) is 19.5. The number of hydrogen-bond acceptors (Lipinski definition) is 10. The van der Waals surface area contributed by atoms with Gasteiger partial charge in [-0.05, 0) is 51.5 Å². The number of esters is 1. The van der Waals surface area contributed by atoms with Gasteiger partial charge in [0.05, 0.1) is 48.6 Å². The SMILES string of the molecule is CCCC[C@@H]1C(=O)O[C@@H](C)[C@@H](O)/C=C/C=C/C=C/C=C/C=C(\C)C(O)CC(O)C[C@@H](O)C[C@@H](O)C[C@@H](O)C[C@@H](O)C[C@H]1O. The fraction of sp³-hybridized carbons (Fsp3) is 0.667. The number of carbonyl (C=O) groups is 1. The van der Waals surface area contributed by atoms with Crippen LogP contribution in [0.5, 0.6) is 0 Å². The summed E-state index contributed by atoms with van der Waals surface area (Å²) in [5.74, 6) is -1.62. The van der Waals surface area contributed by atoms with E-state index in [1.165, 1.54) is 6.08 Å². The molecule has 1 aliphatic heterocycles. The first-order chi connectivity index (χ1) is 20.3. The van der Waals surface area contributed by atoms with Crippen LogP contribution in [-0.2, 0) is 9.53 Å². The number of hydrogen-bond donors (Lipinski definition) is 8. The summed E-state index contributed by atoms with van der Waals surface area (Å²) in [5.41, 5.74) is 0.622. The number of cyclic esters (lactones) is 1. The molecule has 0 aliphatic carbocycles. The summed E-state index contributed by atoms with van der Waals surface area (Å²) in [7, 11) is 0. The Morgan fingerprint density at radius 3 is 1.70 bits per heavy atom. The van der Waals surface area contributed by atoms with Crippen LogP contribution in [0.3, 0.4) is 0 Å². The fourth-order valence-electron chi connectivity index (χ4n) is 4.83. The first-order valence-corrected chi connectivity index (χ1v) is 15.3. The second-order valence-electron chi connectivity index (χ2n) is 11.6. The van der Waals surface area contributed by atoms with Gasteiger partial charge in [-0.3, -0.25) is 4.79 Å². The first kappa shape index (κ1) is 38.9. The van der Waals surface area contributed by atoms with Gasteiger partial charge in [0.2, 0.25) is 0 Å². The van der Waals surface area contributed by atoms with Crippen LogP contribution in [0.1, 0.15) is 78.6 Å². The van der Waals surface area contributed by atoms with Crippen molar-refractivity contribution in [1.29, 1.82) is 0 Å². The van der Waals surface area contributed by atoms with Crippen molar-refractivity contribution < 1.29 is 50.4 Å². The molecule has 1 rings (SSSR count). The Balaban J connectivity index is 3.06. The van der Waals surface area contributed by atoms with Crippen molar-refractivity contribution in [2.45, 2.75) is 133 Å². The molecular formula is C33H54O10. The molecule has 0 radical (unpaired) electrons. The van der Waals surface area contributed by atoms with Crippen LogP contribution < -0.4 is 0 Å². The standard InChI is InChI=1S/C33H54O10/c1-4-5-14-29-32(41)21-28(38)19-26(36)17-24(34)16-25(35)18-27(37)20-31(40)22(2)13-11-9-7-6-8-10-12-15-30(39)23(3)43-33(29)42/h6-13,15,23-32,34-41H,4-5,14,16-21H2,1-3H3/b7-6+,10-8+,11-9+,15-12+,22-13+/t23-,24+,25-,26+,27?,28+,29-,30-,31?,32+/m0/s1. The maximum absolute atomic E-state index is 12.9. The Hall–Kier alpha value is -2.15. The average Bonchev–Trinajstić information content (AvgIpc) is 2.90. The molecule has 0 saturated carbocycles. The van der Waals surface area contributed by atoms with Gasteiger partial charge in [-0.25, -0.2) is 0 Å². The van der Waals surface area contributed by atoms with Crippen LogP contribution >= 0.6 is 0 Å². The molecule has 1 heterocycles. The Morgan fingerprint density at radius 2 is 1.16 bits per heavy atom. The third-order valence-electron chi connectivity index (χ3n) is 7.46. The highest BCUT2D eigenvalue weighted by molar-refractivity contribution is 5.73. The second kappa shape index (κ2) is 21.5. The minimum Gasteiger partial charge on any atom is -0.459 e. The van der Waals surface area contributed by atoms with Crippen molar-refractivity contribution in [2.24, 2.45) is 5.92 Å². The van der Waals surface area contributed by atoms with Crippen LogP contribution in [0.25, 0.3) is 0 Å². The molecule has 0 saturated heterocycles. The lowest BCUT2D eigenvalue weighted by atomic mass is 9.90. The van der Waals surface area contributed by atoms with Gasteiger partial charge in [0.15, 0.2) is 0 Å². The van der Waals surface area contributed by atoms with Crippen molar-refractivity contribution >= 4 is 5.97 Å². The van der Waals surface area contributed by atoms with Gasteiger partial charge in [0.1, 0.15) is 12.2 Å². The number of unbranched alkanes of at least 4 members (excludes halogenated alkanes) is 1. The molecule has 0 aromatic heterocycles. The normalized spacial score (nSPS) is 39.7. The van der Waals surface area contributed by atoms with Crippen molar-refractivity contribution in [3.05, 3.63) is 60.3 Å². The number of aliphatic hydroxyl groups is 8. The second-order valence-corrected chi connectivity index (χ2v) is 11.6. The molecule has 2 unspecified atom stereocenters. The molecule has 10 atom stereocenters. The van der Waals surface area contributed by atoms with E-state index in [0.717, 1.165) is 6.42 Å². The topological polar surface area (TPSA) is 188 Å². The quantitative estimate of drug-likeness (QED) is 0.220. The van der Waals surface area contributed by atoms with Crippen LogP contribution in [0.4, 0.5) is 0 Å². The molecule has 0 bridgehead atoms. The summed E-state index contributed by atoms with van der Waals surface area (Å²) in [6, 6.07) is 0. The maximum atomic E-state index is 12.9. The number of ether oxygens (including phenoxy) is 1. The van der Waals surface area contributed by atoms with Crippen LogP contribution in [0.15, 0.2) is 60.3 Å². The number of aliphatic hydroxyl groups excluding tert-OH is 8. The van der Waals surface area contributed by atoms with E-state index in [0.29, 0.717) is 18.4 Å². The van der Waals surface area contributed by atoms with Gasteiger partial charge in [-0.15, -0.1) is 0 Å². The third kappa shape index (κ3) is 17.1. The molecule has 0 aromatic carbocycles. The molecule has 1 aliphatic rings. The third-order valence-corrected chi connectivity index (χ3v) is 7.46. The van der Waals surface area contributed by atoms with E-state index in [9.17, 15) is 45.6 Å². The molecule has 0 amide bonds. The van der Waals surface area contributed by atoms with Crippen LogP contribution in [0, 0.1) is 5.92 Å². The zero-order valence-corrected chi connectivity index (χ0v) is 25.7. The van der Waals surface area contributed by atoms with Crippen LogP contribution in [-0.4, -0.2) is 102 Å². The lowest BCUT2D eigenvalue weighted by Gasteiger charge is -2.27. The van der Waals surface area contributed by atoms with E-state index in [-0.39, 0.29) is 38.5 Å². The Morgan fingerprint density at radius 1 is 0.698 bits per heavy atom. The summed E-state index contributed by atoms with van der Waals surface area (Å²) in [6.07, 6.45) is 6.60. The molecule has 0 fully saturated rings. The summed E-state index contributed by atoms with van der Waals surface area (Å²) in [5, 5.41) is 83.5. The van der Waals surface area contributed by atoms with E-state index in [1.807, 2.05) is 6.92 Å². The molecule has 10 nitrogen and oxygen atoms in total. The lowest BCUT2D eigenvalue weighted by molar-refractivity contribution is -0.162. The predicted octanol–water partition coefficient (Wildman–Crippen LogP) is 2.14. The van der Waals surface area contributed by atoms with Crippen LogP contribution in [0.2, 0.25) is 0 Å². The van der Waals surface area contributed by atoms with E-state index in [2.05, 4.69) is 0 Å². The zero-order chi connectivity index (χ0) is 32.4. The molecule has 43 heavy (non-hydrogen) atoms. The molecule has 10 heteroatoms. The van der Waals surface area contributed by atoms with Gasteiger partial charge in [0.25, 0.3) is 0 Å². The van der Waals surface area contributed by atoms with Gasteiger partial charge >= 0.3 is 5.97 Å². The minimum atomic E-state index is -1.25. The smallest absolute Gasteiger partial charge is 0.311 e.